The van der Waals surface area contributed by atoms with E-state index in [1.807, 2.05) is 5.38 Å². The number of thiazole rings is 1. The molecule has 3 heterocycles. The van der Waals surface area contributed by atoms with Crippen LogP contribution in [0.15, 0.2) is 41.1 Å². The van der Waals surface area contributed by atoms with Gasteiger partial charge in [-0.15, -0.1) is 0 Å². The van der Waals surface area contributed by atoms with Crippen LogP contribution in [0, 0.1) is 0 Å². The number of thiophene rings is 1. The van der Waals surface area contributed by atoms with Crippen molar-refractivity contribution >= 4 is 57.0 Å². The molecule has 0 atom stereocenters. The first-order chi connectivity index (χ1) is 14.5. The maximum Gasteiger partial charge on any atom is 0.258 e. The number of nitrogens with one attached hydrogen (secondary N) is 1. The minimum Gasteiger partial charge on any atom is -0.337 e. The number of carbonyl (C=O) groups is 3. The Morgan fingerprint density at radius 3 is 2.63 bits per heavy atom. The average Bonchev–Trinajstić information content (AvgIpc) is 3.41. The average molecular weight is 460 g/mol. The lowest BCUT2D eigenvalue weighted by molar-refractivity contribution is -0.132. The molecule has 2 amide bonds. The number of ketones is 1. The van der Waals surface area contributed by atoms with Gasteiger partial charge in [-0.2, -0.15) is 11.3 Å². The van der Waals surface area contributed by atoms with Gasteiger partial charge in [-0.1, -0.05) is 22.9 Å². The highest BCUT2D eigenvalue weighted by Gasteiger charge is 2.25. The fourth-order valence-electron chi connectivity index (χ4n) is 3.18. The van der Waals surface area contributed by atoms with Crippen LogP contribution in [0.1, 0.15) is 44.1 Å². The SMILES string of the molecule is O=C(CCC(=O)N1CCc2nc(NC(=O)c3ccsc3)sc2C1)c1ccc(Cl)cc1. The fraction of sp³-hybridized carbons (Fsp3) is 0.238. The van der Waals surface area contributed by atoms with Crippen LogP contribution in [0.3, 0.4) is 0 Å². The number of halogens is 1. The van der Waals surface area contributed by atoms with E-state index >= 15 is 0 Å². The van der Waals surface area contributed by atoms with Crippen molar-refractivity contribution in [1.82, 2.24) is 9.88 Å². The number of anilines is 1. The Morgan fingerprint density at radius 2 is 1.90 bits per heavy atom. The molecular weight excluding hydrogens is 442 g/mol. The Kier molecular flexibility index (Phi) is 6.26. The molecule has 0 unspecified atom stereocenters. The fourth-order valence-corrected chi connectivity index (χ4v) is 4.96. The van der Waals surface area contributed by atoms with E-state index in [2.05, 4.69) is 10.3 Å². The van der Waals surface area contributed by atoms with Gasteiger partial charge >= 0.3 is 0 Å². The highest BCUT2D eigenvalue weighted by Crippen LogP contribution is 2.29. The molecule has 6 nitrogen and oxygen atoms in total. The second-order valence-corrected chi connectivity index (χ2v) is 9.15. The van der Waals surface area contributed by atoms with Crippen LogP contribution in [0.2, 0.25) is 5.02 Å². The first-order valence-electron chi connectivity index (χ1n) is 9.38. The number of aromatic nitrogens is 1. The summed E-state index contributed by atoms with van der Waals surface area (Å²) in [5.74, 6) is -0.315. The zero-order valence-electron chi connectivity index (χ0n) is 15.9. The Bertz CT molecular complexity index is 1080. The van der Waals surface area contributed by atoms with E-state index in [0.717, 1.165) is 10.6 Å². The van der Waals surface area contributed by atoms with E-state index in [-0.39, 0.29) is 30.4 Å². The van der Waals surface area contributed by atoms with Crippen LogP contribution < -0.4 is 5.32 Å². The monoisotopic (exact) mass is 459 g/mol. The maximum absolute atomic E-state index is 12.6. The quantitative estimate of drug-likeness (QED) is 0.544. The van der Waals surface area contributed by atoms with Crippen molar-refractivity contribution < 1.29 is 14.4 Å². The number of hydrogen-bond donors (Lipinski definition) is 1. The predicted octanol–water partition coefficient (Wildman–Crippen LogP) is 4.66. The van der Waals surface area contributed by atoms with E-state index in [0.29, 0.717) is 40.8 Å². The second-order valence-electron chi connectivity index (χ2n) is 6.85. The van der Waals surface area contributed by atoms with Crippen molar-refractivity contribution in [3.63, 3.8) is 0 Å². The summed E-state index contributed by atoms with van der Waals surface area (Å²) in [6, 6.07) is 8.44. The van der Waals surface area contributed by atoms with Gasteiger partial charge in [-0.05, 0) is 35.7 Å². The first kappa shape index (κ1) is 20.7. The number of benzene rings is 1. The van der Waals surface area contributed by atoms with Crippen molar-refractivity contribution in [3.05, 3.63) is 67.8 Å². The van der Waals surface area contributed by atoms with Crippen LogP contribution >= 0.6 is 34.3 Å². The lowest BCUT2D eigenvalue weighted by atomic mass is 10.1. The summed E-state index contributed by atoms with van der Waals surface area (Å²) in [6.45, 7) is 1.01. The van der Waals surface area contributed by atoms with Crippen molar-refractivity contribution in [2.24, 2.45) is 0 Å². The van der Waals surface area contributed by atoms with Crippen molar-refractivity contribution in [2.75, 3.05) is 11.9 Å². The van der Waals surface area contributed by atoms with Gasteiger partial charge in [0.1, 0.15) is 0 Å². The molecule has 154 valence electrons. The molecule has 1 aromatic carbocycles. The molecule has 1 aliphatic heterocycles. The second kappa shape index (κ2) is 9.07. The molecule has 3 aromatic rings. The van der Waals surface area contributed by atoms with Crippen LogP contribution in [0.4, 0.5) is 5.13 Å². The van der Waals surface area contributed by atoms with Crippen LogP contribution in [-0.4, -0.2) is 34.0 Å². The van der Waals surface area contributed by atoms with Gasteiger partial charge in [0.2, 0.25) is 5.91 Å². The largest absolute Gasteiger partial charge is 0.337 e. The molecule has 0 saturated carbocycles. The number of carbonyl (C=O) groups excluding carboxylic acids is 3. The molecular formula is C21H18ClN3O3S2. The van der Waals surface area contributed by atoms with E-state index in [1.165, 1.54) is 22.7 Å². The molecule has 1 N–H and O–H groups in total. The van der Waals surface area contributed by atoms with Crippen LogP contribution in [0.5, 0.6) is 0 Å². The van der Waals surface area contributed by atoms with Crippen molar-refractivity contribution in [1.29, 1.82) is 0 Å². The Hall–Kier alpha value is -2.55. The van der Waals surface area contributed by atoms with Gasteiger partial charge in [-0.3, -0.25) is 19.7 Å². The molecule has 2 aromatic heterocycles. The summed E-state index contributed by atoms with van der Waals surface area (Å²) in [6.07, 6.45) is 0.961. The standard InChI is InChI=1S/C21H18ClN3O3S2/c22-15-3-1-13(2-4-15)17(26)5-6-19(27)25-9-7-16-18(11-25)30-21(23-16)24-20(28)14-8-10-29-12-14/h1-4,8,10,12H,5-7,9,11H2,(H,23,24,28). The summed E-state index contributed by atoms with van der Waals surface area (Å²) in [5, 5.41) is 7.58. The molecule has 30 heavy (non-hydrogen) atoms. The first-order valence-corrected chi connectivity index (χ1v) is 11.5. The topological polar surface area (TPSA) is 79.4 Å². The Balaban J connectivity index is 1.32. The summed E-state index contributed by atoms with van der Waals surface area (Å²) in [4.78, 5) is 44.3. The molecule has 0 aliphatic carbocycles. The van der Waals surface area contributed by atoms with E-state index < -0.39 is 0 Å². The Labute approximate surface area is 186 Å². The van der Waals surface area contributed by atoms with Crippen LogP contribution in [0.25, 0.3) is 0 Å². The minimum absolute atomic E-state index is 0.0553. The molecule has 4 rings (SSSR count). The van der Waals surface area contributed by atoms with Crippen molar-refractivity contribution in [3.8, 4) is 0 Å². The van der Waals surface area contributed by atoms with Gasteiger partial charge in [0.05, 0.1) is 17.8 Å². The van der Waals surface area contributed by atoms with Crippen LogP contribution in [-0.2, 0) is 17.8 Å². The number of fused-ring (bicyclic) bond motifs is 1. The third-order valence-electron chi connectivity index (χ3n) is 4.82. The molecule has 0 radical (unpaired) electrons. The molecule has 0 spiro atoms. The van der Waals surface area contributed by atoms with Gasteiger partial charge in [0.25, 0.3) is 5.91 Å². The highest BCUT2D eigenvalue weighted by molar-refractivity contribution is 7.16. The minimum atomic E-state index is -0.184. The van der Waals surface area contributed by atoms with Gasteiger partial charge < -0.3 is 4.90 Å². The number of nitrogens with zero attached hydrogens (tertiary/aromatic N) is 2. The summed E-state index contributed by atoms with van der Waals surface area (Å²) in [5.41, 5.74) is 2.08. The molecule has 1 aliphatic rings. The normalized spacial score (nSPS) is 13.0. The number of Topliss-reactive ketones (excluding diaryl/α,β-unsaturated/α-hetero) is 1. The van der Waals surface area contributed by atoms with Crippen molar-refractivity contribution in [2.45, 2.75) is 25.8 Å². The maximum atomic E-state index is 12.6. The molecule has 9 heteroatoms. The zero-order valence-corrected chi connectivity index (χ0v) is 18.3. The van der Waals surface area contributed by atoms with E-state index in [1.54, 1.807) is 40.6 Å². The third-order valence-corrected chi connectivity index (χ3v) is 6.75. The van der Waals surface area contributed by atoms with Gasteiger partial charge in [0, 0.05) is 46.7 Å². The lowest BCUT2D eigenvalue weighted by Gasteiger charge is -2.26. The summed E-state index contributed by atoms with van der Waals surface area (Å²) in [7, 11) is 0. The highest BCUT2D eigenvalue weighted by atomic mass is 35.5. The smallest absolute Gasteiger partial charge is 0.258 e. The number of rotatable bonds is 6. The number of hydrogen-bond acceptors (Lipinski definition) is 6. The third kappa shape index (κ3) is 4.77. The number of amides is 2. The Morgan fingerprint density at radius 1 is 1.10 bits per heavy atom. The summed E-state index contributed by atoms with van der Waals surface area (Å²) < 4.78 is 0. The van der Waals surface area contributed by atoms with Gasteiger partial charge in [0.15, 0.2) is 10.9 Å². The van der Waals surface area contributed by atoms with Gasteiger partial charge in [-0.25, -0.2) is 4.98 Å². The lowest BCUT2D eigenvalue weighted by Crippen LogP contribution is -2.35. The predicted molar refractivity (Wildman–Crippen MR) is 119 cm³/mol. The molecule has 0 bridgehead atoms. The van der Waals surface area contributed by atoms with E-state index in [4.69, 9.17) is 11.6 Å². The molecule has 0 saturated heterocycles. The van der Waals surface area contributed by atoms with E-state index in [9.17, 15) is 14.4 Å². The summed E-state index contributed by atoms with van der Waals surface area (Å²) >= 11 is 8.70. The molecule has 0 fully saturated rings. The zero-order chi connectivity index (χ0) is 21.1.